The van der Waals surface area contributed by atoms with Crippen LogP contribution in [0.25, 0.3) is 0 Å². The molecule has 1 N–H and O–H groups in total. The van der Waals surface area contributed by atoms with Crippen molar-refractivity contribution in [1.29, 1.82) is 0 Å². The number of benzene rings is 1. The average Bonchev–Trinajstić information content (AvgIpc) is 2.64. The van der Waals surface area contributed by atoms with Crippen molar-refractivity contribution in [2.24, 2.45) is 0 Å². The van der Waals surface area contributed by atoms with E-state index in [1.807, 2.05) is 0 Å². The lowest BCUT2D eigenvalue weighted by atomic mass is 9.92. The number of carbonyl (C=O) groups excluding carboxylic acids is 1. The molecule has 1 fully saturated rings. The van der Waals surface area contributed by atoms with Gasteiger partial charge in [-0.3, -0.25) is 4.79 Å². The van der Waals surface area contributed by atoms with Crippen LogP contribution in [-0.2, 0) is 0 Å². The molecule has 1 aliphatic rings. The third-order valence-electron chi connectivity index (χ3n) is 4.35. The largest absolute Gasteiger partial charge is 0.573 e. The minimum Gasteiger partial charge on any atom is -0.474 e. The lowest BCUT2D eigenvalue weighted by Gasteiger charge is -2.29. The first-order chi connectivity index (χ1) is 13.3. The van der Waals surface area contributed by atoms with Gasteiger partial charge in [0, 0.05) is 23.9 Å². The van der Waals surface area contributed by atoms with Crippen molar-refractivity contribution in [2.45, 2.75) is 44.2 Å². The predicted molar refractivity (Wildman–Crippen MR) is 96.5 cm³/mol. The van der Waals surface area contributed by atoms with E-state index >= 15 is 0 Å². The zero-order valence-corrected chi connectivity index (χ0v) is 15.5. The molecule has 28 heavy (non-hydrogen) atoms. The Balaban J connectivity index is 1.46. The van der Waals surface area contributed by atoms with Gasteiger partial charge in [-0.05, 0) is 56.0 Å². The van der Waals surface area contributed by atoms with E-state index in [9.17, 15) is 18.0 Å². The molecular weight excluding hydrogens is 397 g/mol. The summed E-state index contributed by atoms with van der Waals surface area (Å²) in [6.07, 6.45) is -0.236. The van der Waals surface area contributed by atoms with Gasteiger partial charge >= 0.3 is 6.36 Å². The van der Waals surface area contributed by atoms with Crippen molar-refractivity contribution in [3.63, 3.8) is 0 Å². The summed E-state index contributed by atoms with van der Waals surface area (Å²) in [4.78, 5) is 16.4. The van der Waals surface area contributed by atoms with Crippen molar-refractivity contribution in [1.82, 2.24) is 10.3 Å². The van der Waals surface area contributed by atoms with Crippen molar-refractivity contribution in [2.75, 3.05) is 0 Å². The first-order valence-corrected chi connectivity index (χ1v) is 9.11. The highest BCUT2D eigenvalue weighted by molar-refractivity contribution is 6.30. The average molecular weight is 415 g/mol. The third kappa shape index (κ3) is 6.02. The van der Waals surface area contributed by atoms with E-state index in [1.165, 1.54) is 18.3 Å². The van der Waals surface area contributed by atoms with E-state index in [-0.39, 0.29) is 29.4 Å². The molecule has 150 valence electrons. The number of nitrogens with one attached hydrogen (secondary N) is 1. The van der Waals surface area contributed by atoms with Gasteiger partial charge in [0.2, 0.25) is 5.88 Å². The summed E-state index contributed by atoms with van der Waals surface area (Å²) >= 11 is 5.79. The summed E-state index contributed by atoms with van der Waals surface area (Å²) in [5, 5.41) is 3.44. The third-order valence-corrected chi connectivity index (χ3v) is 4.57. The summed E-state index contributed by atoms with van der Waals surface area (Å²) in [5.41, 5.74) is 0.276. The van der Waals surface area contributed by atoms with E-state index in [0.29, 0.717) is 10.9 Å². The molecule has 1 heterocycles. The minimum atomic E-state index is -4.76. The molecule has 2 aromatic rings. The highest BCUT2D eigenvalue weighted by Crippen LogP contribution is 2.25. The summed E-state index contributed by atoms with van der Waals surface area (Å²) < 4.78 is 46.1. The standard InChI is InChI=1S/C19H18ClF3N2O3/c20-13-3-10-17(24-11-13)27-15-8-4-14(5-9-15)25-18(26)12-1-6-16(7-2-12)28-19(21,22)23/h1-3,6-7,10-11,14-15H,4-5,8-9H2,(H,25,26). The van der Waals surface area contributed by atoms with Crippen molar-refractivity contribution in [3.05, 3.63) is 53.2 Å². The van der Waals surface area contributed by atoms with Crippen LogP contribution in [0.3, 0.4) is 0 Å². The molecule has 9 heteroatoms. The number of nitrogens with zero attached hydrogens (tertiary/aromatic N) is 1. The topological polar surface area (TPSA) is 60.5 Å². The van der Waals surface area contributed by atoms with Gasteiger partial charge in [0.05, 0.1) is 5.02 Å². The zero-order valence-electron chi connectivity index (χ0n) is 14.7. The van der Waals surface area contributed by atoms with Gasteiger partial charge in [0.25, 0.3) is 5.91 Å². The van der Waals surface area contributed by atoms with Gasteiger partial charge in [0.1, 0.15) is 11.9 Å². The summed E-state index contributed by atoms with van der Waals surface area (Å²) in [7, 11) is 0. The van der Waals surface area contributed by atoms with Crippen molar-refractivity contribution in [3.8, 4) is 11.6 Å². The SMILES string of the molecule is O=C(NC1CCC(Oc2ccc(Cl)cn2)CC1)c1ccc(OC(F)(F)F)cc1. The Morgan fingerprint density at radius 2 is 1.75 bits per heavy atom. The number of aromatic nitrogens is 1. The maximum Gasteiger partial charge on any atom is 0.573 e. The Kier molecular flexibility index (Phi) is 6.28. The Hall–Kier alpha value is -2.48. The van der Waals surface area contributed by atoms with Crippen LogP contribution < -0.4 is 14.8 Å². The number of pyridine rings is 1. The quantitative estimate of drug-likeness (QED) is 0.766. The predicted octanol–water partition coefficient (Wildman–Crippen LogP) is 4.75. The van der Waals surface area contributed by atoms with E-state index in [2.05, 4.69) is 15.0 Å². The van der Waals surface area contributed by atoms with E-state index < -0.39 is 6.36 Å². The van der Waals surface area contributed by atoms with Crippen LogP contribution in [0.15, 0.2) is 42.6 Å². The second-order valence-electron chi connectivity index (χ2n) is 6.45. The molecule has 1 aromatic heterocycles. The van der Waals surface area contributed by atoms with Gasteiger partial charge < -0.3 is 14.8 Å². The first-order valence-electron chi connectivity index (χ1n) is 8.73. The van der Waals surface area contributed by atoms with Crippen LogP contribution in [0.1, 0.15) is 36.0 Å². The lowest BCUT2D eigenvalue weighted by molar-refractivity contribution is -0.274. The van der Waals surface area contributed by atoms with Gasteiger partial charge in [-0.15, -0.1) is 13.2 Å². The van der Waals surface area contributed by atoms with E-state index in [0.717, 1.165) is 37.8 Å². The summed E-state index contributed by atoms with van der Waals surface area (Å²) in [6.45, 7) is 0. The second kappa shape index (κ2) is 8.68. The first kappa shape index (κ1) is 20.3. The summed E-state index contributed by atoms with van der Waals surface area (Å²) in [6, 6.07) is 8.24. The fourth-order valence-electron chi connectivity index (χ4n) is 3.00. The van der Waals surface area contributed by atoms with Crippen LogP contribution in [0.4, 0.5) is 13.2 Å². The molecule has 0 unspecified atom stereocenters. The number of alkyl halides is 3. The number of amides is 1. The van der Waals surface area contributed by atoms with Gasteiger partial charge in [-0.1, -0.05) is 11.6 Å². The van der Waals surface area contributed by atoms with Gasteiger partial charge in [-0.2, -0.15) is 0 Å². The normalized spacial score (nSPS) is 19.7. The molecular formula is C19H18ClF3N2O3. The second-order valence-corrected chi connectivity index (χ2v) is 6.89. The number of carbonyl (C=O) groups is 1. The Morgan fingerprint density at radius 3 is 2.32 bits per heavy atom. The lowest BCUT2D eigenvalue weighted by Crippen LogP contribution is -2.39. The highest BCUT2D eigenvalue weighted by atomic mass is 35.5. The maximum absolute atomic E-state index is 12.3. The molecule has 3 rings (SSSR count). The molecule has 5 nitrogen and oxygen atoms in total. The molecule has 1 saturated carbocycles. The van der Waals surface area contributed by atoms with Crippen LogP contribution in [-0.4, -0.2) is 29.4 Å². The molecule has 1 aliphatic carbocycles. The molecule has 1 amide bonds. The van der Waals surface area contributed by atoms with E-state index in [4.69, 9.17) is 16.3 Å². The van der Waals surface area contributed by atoms with Crippen LogP contribution in [0.5, 0.6) is 11.6 Å². The van der Waals surface area contributed by atoms with Gasteiger partial charge in [0.15, 0.2) is 0 Å². The number of hydrogen-bond acceptors (Lipinski definition) is 4. The molecule has 0 saturated heterocycles. The molecule has 0 aliphatic heterocycles. The monoisotopic (exact) mass is 414 g/mol. The Morgan fingerprint density at radius 1 is 1.07 bits per heavy atom. The highest BCUT2D eigenvalue weighted by Gasteiger charge is 2.31. The fourth-order valence-corrected chi connectivity index (χ4v) is 3.12. The number of rotatable bonds is 5. The van der Waals surface area contributed by atoms with Crippen LogP contribution in [0, 0.1) is 0 Å². The Bertz CT molecular complexity index is 790. The molecule has 0 radical (unpaired) electrons. The fraction of sp³-hybridized carbons (Fsp3) is 0.368. The van der Waals surface area contributed by atoms with Crippen LogP contribution in [0.2, 0.25) is 5.02 Å². The molecule has 0 bridgehead atoms. The van der Waals surface area contributed by atoms with Gasteiger partial charge in [-0.25, -0.2) is 4.98 Å². The maximum atomic E-state index is 12.3. The molecule has 0 atom stereocenters. The zero-order chi connectivity index (χ0) is 20.1. The smallest absolute Gasteiger partial charge is 0.474 e. The number of halogens is 4. The van der Waals surface area contributed by atoms with Crippen molar-refractivity contribution >= 4 is 17.5 Å². The summed E-state index contributed by atoms with van der Waals surface area (Å²) in [5.74, 6) is -0.183. The number of ether oxygens (including phenoxy) is 2. The van der Waals surface area contributed by atoms with Crippen LogP contribution >= 0.6 is 11.6 Å². The minimum absolute atomic E-state index is 0.0145. The molecule has 1 aromatic carbocycles. The van der Waals surface area contributed by atoms with Crippen molar-refractivity contribution < 1.29 is 27.4 Å². The van der Waals surface area contributed by atoms with E-state index in [1.54, 1.807) is 12.1 Å². The Labute approximate surface area is 164 Å². The molecule has 0 spiro atoms. The number of hydrogen-bond donors (Lipinski definition) is 1.